The van der Waals surface area contributed by atoms with Crippen molar-refractivity contribution in [3.63, 3.8) is 0 Å². The lowest BCUT2D eigenvalue weighted by molar-refractivity contribution is 0.0941. The third-order valence-electron chi connectivity index (χ3n) is 4.34. The van der Waals surface area contributed by atoms with Crippen LogP contribution in [0.15, 0.2) is 48.5 Å². The predicted molar refractivity (Wildman–Crippen MR) is 100 cm³/mol. The number of nitrogens with one attached hydrogen (secondary N) is 1. The summed E-state index contributed by atoms with van der Waals surface area (Å²) in [5, 5.41) is 4.08. The fraction of sp³-hybridized carbons (Fsp3) is 0.200. The summed E-state index contributed by atoms with van der Waals surface area (Å²) in [6.45, 7) is 3.00. The summed E-state index contributed by atoms with van der Waals surface area (Å²) in [6.07, 6.45) is 0. The number of halogens is 1. The summed E-state index contributed by atoms with van der Waals surface area (Å²) in [5.41, 5.74) is 2.13. The highest BCUT2D eigenvalue weighted by Crippen LogP contribution is 2.32. The summed E-state index contributed by atoms with van der Waals surface area (Å²) in [7, 11) is 0. The maximum atomic E-state index is 12.8. The molecule has 0 fully saturated rings. The van der Waals surface area contributed by atoms with Gasteiger partial charge in [0.1, 0.15) is 18.4 Å². The number of rotatable bonds is 3. The van der Waals surface area contributed by atoms with Crippen molar-refractivity contribution in [2.45, 2.75) is 13.0 Å². The number of ether oxygens (including phenoxy) is 2. The monoisotopic (exact) mass is 368 g/mol. The lowest BCUT2D eigenvalue weighted by Crippen LogP contribution is -2.27. The molecule has 2 aromatic carbocycles. The molecule has 0 saturated carbocycles. The van der Waals surface area contributed by atoms with Crippen LogP contribution in [0.3, 0.4) is 0 Å². The third kappa shape index (κ3) is 3.18. The van der Waals surface area contributed by atoms with Gasteiger partial charge in [0.05, 0.1) is 17.1 Å². The Morgan fingerprint density at radius 2 is 1.88 bits per heavy atom. The Balaban J connectivity index is 1.60. The van der Waals surface area contributed by atoms with E-state index in [0.29, 0.717) is 35.2 Å². The number of aromatic nitrogens is 1. The Kier molecular flexibility index (Phi) is 4.39. The molecule has 1 unspecified atom stereocenters. The first-order chi connectivity index (χ1) is 12.6. The van der Waals surface area contributed by atoms with Crippen LogP contribution in [0.5, 0.6) is 11.5 Å². The molecule has 0 spiro atoms. The Morgan fingerprint density at radius 1 is 1.12 bits per heavy atom. The molecule has 4 rings (SSSR count). The lowest BCUT2D eigenvalue weighted by Gasteiger charge is -2.21. The summed E-state index contributed by atoms with van der Waals surface area (Å²) in [4.78, 5) is 17.1. The molecule has 132 valence electrons. The van der Waals surface area contributed by atoms with Crippen molar-refractivity contribution in [1.82, 2.24) is 10.3 Å². The van der Waals surface area contributed by atoms with Gasteiger partial charge in [-0.1, -0.05) is 35.9 Å². The van der Waals surface area contributed by atoms with Crippen LogP contribution in [-0.4, -0.2) is 24.1 Å². The van der Waals surface area contributed by atoms with Gasteiger partial charge in [0.2, 0.25) is 0 Å². The Labute approximate surface area is 155 Å². The zero-order valence-corrected chi connectivity index (χ0v) is 14.9. The molecule has 1 atom stereocenters. The molecule has 6 heteroatoms. The minimum absolute atomic E-state index is 0.201. The van der Waals surface area contributed by atoms with Crippen molar-refractivity contribution in [1.29, 1.82) is 0 Å². The van der Waals surface area contributed by atoms with E-state index in [1.54, 1.807) is 6.07 Å². The van der Waals surface area contributed by atoms with E-state index in [1.165, 1.54) is 0 Å². The lowest BCUT2D eigenvalue weighted by atomic mass is 10.1. The van der Waals surface area contributed by atoms with Gasteiger partial charge in [-0.15, -0.1) is 0 Å². The SMILES string of the molecule is CC(NC(=O)c1cc(Cl)nc2ccccc12)c1ccc2c(c1)OCCO2. The smallest absolute Gasteiger partial charge is 0.252 e. The molecule has 1 aromatic heterocycles. The first-order valence-electron chi connectivity index (χ1n) is 8.37. The molecule has 1 aliphatic heterocycles. The number of benzene rings is 2. The molecular weight excluding hydrogens is 352 g/mol. The summed E-state index contributed by atoms with van der Waals surface area (Å²) in [6, 6.07) is 14.5. The number of pyridine rings is 1. The molecule has 2 heterocycles. The van der Waals surface area contributed by atoms with E-state index in [2.05, 4.69) is 10.3 Å². The molecule has 3 aromatic rings. The van der Waals surface area contributed by atoms with Gasteiger partial charge in [0, 0.05) is 5.39 Å². The largest absolute Gasteiger partial charge is 0.486 e. The van der Waals surface area contributed by atoms with Gasteiger partial charge < -0.3 is 14.8 Å². The Hall–Kier alpha value is -2.79. The molecular formula is C20H17ClN2O3. The number of carbonyl (C=O) groups is 1. The third-order valence-corrected chi connectivity index (χ3v) is 4.54. The van der Waals surface area contributed by atoms with E-state index in [9.17, 15) is 4.79 Å². The topological polar surface area (TPSA) is 60.5 Å². The highest BCUT2D eigenvalue weighted by atomic mass is 35.5. The molecule has 1 aliphatic rings. The van der Waals surface area contributed by atoms with Crippen LogP contribution < -0.4 is 14.8 Å². The van der Waals surface area contributed by atoms with Gasteiger partial charge in [-0.25, -0.2) is 4.98 Å². The van der Waals surface area contributed by atoms with Crippen molar-refractivity contribution in [2.24, 2.45) is 0 Å². The number of amides is 1. The average molecular weight is 369 g/mol. The van der Waals surface area contributed by atoms with Crippen LogP contribution in [-0.2, 0) is 0 Å². The van der Waals surface area contributed by atoms with Crippen LogP contribution in [0.4, 0.5) is 0 Å². The van der Waals surface area contributed by atoms with Crippen molar-refractivity contribution in [3.8, 4) is 11.5 Å². The zero-order chi connectivity index (χ0) is 18.1. The van der Waals surface area contributed by atoms with Crippen molar-refractivity contribution < 1.29 is 14.3 Å². The molecule has 0 bridgehead atoms. The molecule has 1 amide bonds. The maximum absolute atomic E-state index is 12.8. The quantitative estimate of drug-likeness (QED) is 0.705. The molecule has 0 radical (unpaired) electrons. The molecule has 26 heavy (non-hydrogen) atoms. The van der Waals surface area contributed by atoms with Crippen LogP contribution in [0.2, 0.25) is 5.15 Å². The van der Waals surface area contributed by atoms with E-state index < -0.39 is 0 Å². The fourth-order valence-corrected chi connectivity index (χ4v) is 3.22. The van der Waals surface area contributed by atoms with Crippen LogP contribution >= 0.6 is 11.6 Å². The number of carbonyl (C=O) groups excluding carboxylic acids is 1. The van der Waals surface area contributed by atoms with E-state index in [1.807, 2.05) is 49.4 Å². The second-order valence-corrected chi connectivity index (χ2v) is 6.50. The van der Waals surface area contributed by atoms with Gasteiger partial charge in [-0.3, -0.25) is 4.79 Å². The normalized spacial score (nSPS) is 14.1. The second-order valence-electron chi connectivity index (χ2n) is 6.11. The number of fused-ring (bicyclic) bond motifs is 2. The molecule has 0 saturated heterocycles. The van der Waals surface area contributed by atoms with Gasteiger partial charge in [0.15, 0.2) is 11.5 Å². The summed E-state index contributed by atoms with van der Waals surface area (Å²) >= 11 is 6.08. The maximum Gasteiger partial charge on any atom is 0.252 e. The van der Waals surface area contributed by atoms with E-state index in [4.69, 9.17) is 21.1 Å². The standard InChI is InChI=1S/C20H17ClN2O3/c1-12(13-6-7-17-18(10-13)26-9-8-25-17)22-20(24)15-11-19(21)23-16-5-3-2-4-14(15)16/h2-7,10-12H,8-9H2,1H3,(H,22,24). The van der Waals surface area contributed by atoms with Crippen molar-refractivity contribution >= 4 is 28.4 Å². The summed E-state index contributed by atoms with van der Waals surface area (Å²) in [5.74, 6) is 1.23. The second kappa shape index (κ2) is 6.84. The first kappa shape index (κ1) is 16.7. The van der Waals surface area contributed by atoms with Crippen LogP contribution in [0.25, 0.3) is 10.9 Å². The average Bonchev–Trinajstić information content (AvgIpc) is 2.66. The number of para-hydroxylation sites is 1. The minimum atomic E-state index is -0.205. The van der Waals surface area contributed by atoms with Gasteiger partial charge in [-0.05, 0) is 36.8 Å². The summed E-state index contributed by atoms with van der Waals surface area (Å²) < 4.78 is 11.1. The fourth-order valence-electron chi connectivity index (χ4n) is 3.02. The van der Waals surface area contributed by atoms with Crippen LogP contribution in [0.1, 0.15) is 28.9 Å². The molecule has 5 nitrogen and oxygen atoms in total. The van der Waals surface area contributed by atoms with Gasteiger partial charge in [-0.2, -0.15) is 0 Å². The van der Waals surface area contributed by atoms with Gasteiger partial charge >= 0.3 is 0 Å². The van der Waals surface area contributed by atoms with Crippen molar-refractivity contribution in [3.05, 3.63) is 64.8 Å². The Morgan fingerprint density at radius 3 is 2.73 bits per heavy atom. The minimum Gasteiger partial charge on any atom is -0.486 e. The zero-order valence-electron chi connectivity index (χ0n) is 14.2. The van der Waals surface area contributed by atoms with E-state index in [-0.39, 0.29) is 11.9 Å². The van der Waals surface area contributed by atoms with Crippen molar-refractivity contribution in [2.75, 3.05) is 13.2 Å². The van der Waals surface area contributed by atoms with Crippen LogP contribution in [0, 0.1) is 0 Å². The first-order valence-corrected chi connectivity index (χ1v) is 8.75. The number of hydrogen-bond donors (Lipinski definition) is 1. The number of hydrogen-bond acceptors (Lipinski definition) is 4. The van der Waals surface area contributed by atoms with E-state index >= 15 is 0 Å². The van der Waals surface area contributed by atoms with Gasteiger partial charge in [0.25, 0.3) is 5.91 Å². The Bertz CT molecular complexity index is 990. The molecule has 1 N–H and O–H groups in total. The van der Waals surface area contributed by atoms with E-state index in [0.717, 1.165) is 16.7 Å². The molecule has 0 aliphatic carbocycles. The number of nitrogens with zero attached hydrogens (tertiary/aromatic N) is 1. The highest BCUT2D eigenvalue weighted by molar-refractivity contribution is 6.30. The predicted octanol–water partition coefficient (Wildman–Crippen LogP) is 4.15. The highest BCUT2D eigenvalue weighted by Gasteiger charge is 2.18.